The van der Waals surface area contributed by atoms with E-state index in [9.17, 15) is 13.2 Å². The molecule has 0 spiro atoms. The standard InChI is InChI=1S/C19H28N2O4S/c1-3-25-16-9-8-15(20-18(22)19(2)10-4-5-11-19)14-17(16)26(23,24)21-12-6-7-13-21/h8-9,14H,3-7,10-13H2,1-2H3,(H,20,22). The van der Waals surface area contributed by atoms with Crippen molar-refractivity contribution in [3.8, 4) is 5.75 Å². The number of anilines is 1. The maximum absolute atomic E-state index is 13.0. The van der Waals surface area contributed by atoms with Crippen molar-refractivity contribution in [1.82, 2.24) is 4.31 Å². The number of hydrogen-bond acceptors (Lipinski definition) is 4. The predicted molar refractivity (Wildman–Crippen MR) is 101 cm³/mol. The fourth-order valence-electron chi connectivity index (χ4n) is 3.79. The van der Waals surface area contributed by atoms with Crippen molar-refractivity contribution in [3.05, 3.63) is 18.2 Å². The Labute approximate surface area is 156 Å². The van der Waals surface area contributed by atoms with E-state index in [0.29, 0.717) is 31.1 Å². The normalized spacial score (nSPS) is 20.2. The third-order valence-electron chi connectivity index (χ3n) is 5.44. The molecule has 1 aromatic rings. The van der Waals surface area contributed by atoms with Gasteiger partial charge in [0, 0.05) is 24.2 Å². The molecule has 1 aliphatic carbocycles. The van der Waals surface area contributed by atoms with Crippen LogP contribution in [0.2, 0.25) is 0 Å². The highest BCUT2D eigenvalue weighted by molar-refractivity contribution is 7.89. The van der Waals surface area contributed by atoms with Crippen molar-refractivity contribution in [2.24, 2.45) is 5.41 Å². The van der Waals surface area contributed by atoms with Crippen LogP contribution in [0.1, 0.15) is 52.4 Å². The summed E-state index contributed by atoms with van der Waals surface area (Å²) in [5.41, 5.74) is 0.136. The van der Waals surface area contributed by atoms with E-state index in [1.54, 1.807) is 12.1 Å². The summed E-state index contributed by atoms with van der Waals surface area (Å²) in [6.45, 7) is 5.24. The highest BCUT2D eigenvalue weighted by atomic mass is 32.2. The van der Waals surface area contributed by atoms with Gasteiger partial charge in [0.15, 0.2) is 0 Å². The van der Waals surface area contributed by atoms with Crippen LogP contribution in [-0.4, -0.2) is 38.3 Å². The molecule has 0 radical (unpaired) electrons. The molecular weight excluding hydrogens is 352 g/mol. The van der Waals surface area contributed by atoms with Gasteiger partial charge in [0.05, 0.1) is 6.61 Å². The van der Waals surface area contributed by atoms with Crippen LogP contribution in [0, 0.1) is 5.41 Å². The summed E-state index contributed by atoms with van der Waals surface area (Å²) in [4.78, 5) is 12.8. The first-order chi connectivity index (χ1) is 12.4. The highest BCUT2D eigenvalue weighted by Gasteiger charge is 2.36. The molecule has 1 N–H and O–H groups in total. The second-order valence-electron chi connectivity index (χ2n) is 7.43. The summed E-state index contributed by atoms with van der Waals surface area (Å²) in [6.07, 6.45) is 5.60. The van der Waals surface area contributed by atoms with Crippen LogP contribution in [0.15, 0.2) is 23.1 Å². The smallest absolute Gasteiger partial charge is 0.246 e. The first-order valence-electron chi connectivity index (χ1n) is 9.45. The summed E-state index contributed by atoms with van der Waals surface area (Å²) in [7, 11) is -3.63. The summed E-state index contributed by atoms with van der Waals surface area (Å²) >= 11 is 0. The lowest BCUT2D eigenvalue weighted by molar-refractivity contribution is -0.124. The summed E-state index contributed by atoms with van der Waals surface area (Å²) in [5.74, 6) is 0.299. The van der Waals surface area contributed by atoms with Crippen molar-refractivity contribution < 1.29 is 17.9 Å². The van der Waals surface area contributed by atoms with Gasteiger partial charge in [0.2, 0.25) is 15.9 Å². The third kappa shape index (κ3) is 3.74. The Hall–Kier alpha value is -1.60. The molecule has 0 bridgehead atoms. The summed E-state index contributed by atoms with van der Waals surface area (Å²) in [6, 6.07) is 4.89. The molecule has 0 unspecified atom stereocenters. The monoisotopic (exact) mass is 380 g/mol. The Morgan fingerprint density at radius 1 is 1.19 bits per heavy atom. The van der Waals surface area contributed by atoms with E-state index in [0.717, 1.165) is 38.5 Å². The quantitative estimate of drug-likeness (QED) is 0.821. The fraction of sp³-hybridized carbons (Fsp3) is 0.632. The van der Waals surface area contributed by atoms with Crippen molar-refractivity contribution >= 4 is 21.6 Å². The minimum atomic E-state index is -3.63. The van der Waals surface area contributed by atoms with Gasteiger partial charge in [-0.25, -0.2) is 8.42 Å². The van der Waals surface area contributed by atoms with Gasteiger partial charge in [0.1, 0.15) is 10.6 Å². The predicted octanol–water partition coefficient (Wildman–Crippen LogP) is 3.39. The number of nitrogens with zero attached hydrogens (tertiary/aromatic N) is 1. The largest absolute Gasteiger partial charge is 0.492 e. The fourth-order valence-corrected chi connectivity index (χ4v) is 5.47. The van der Waals surface area contributed by atoms with E-state index in [1.165, 1.54) is 10.4 Å². The Kier molecular flexibility index (Phi) is 5.58. The number of carbonyl (C=O) groups is 1. The molecule has 2 aliphatic rings. The molecule has 1 heterocycles. The zero-order valence-electron chi connectivity index (χ0n) is 15.6. The number of sulfonamides is 1. The van der Waals surface area contributed by atoms with E-state index in [-0.39, 0.29) is 16.2 Å². The number of hydrogen-bond donors (Lipinski definition) is 1. The summed E-state index contributed by atoms with van der Waals surface area (Å²) < 4.78 is 33.1. The number of ether oxygens (including phenoxy) is 1. The van der Waals surface area contributed by atoms with Gasteiger partial charge >= 0.3 is 0 Å². The van der Waals surface area contributed by atoms with Gasteiger partial charge in [0.25, 0.3) is 0 Å². The molecule has 6 nitrogen and oxygen atoms in total. The molecule has 26 heavy (non-hydrogen) atoms. The third-order valence-corrected chi connectivity index (χ3v) is 7.36. The van der Waals surface area contributed by atoms with Gasteiger partial charge in [-0.3, -0.25) is 4.79 Å². The van der Waals surface area contributed by atoms with E-state index in [1.807, 2.05) is 13.8 Å². The number of nitrogens with one attached hydrogen (secondary N) is 1. The van der Waals surface area contributed by atoms with Crippen LogP contribution in [0.3, 0.4) is 0 Å². The Morgan fingerprint density at radius 3 is 2.46 bits per heavy atom. The maximum atomic E-state index is 13.0. The number of rotatable bonds is 6. The lowest BCUT2D eigenvalue weighted by Crippen LogP contribution is -2.31. The Bertz CT molecular complexity index is 764. The molecule has 0 aromatic heterocycles. The second-order valence-corrected chi connectivity index (χ2v) is 9.33. The Balaban J connectivity index is 1.90. The molecule has 1 aliphatic heterocycles. The highest BCUT2D eigenvalue weighted by Crippen LogP contribution is 2.39. The van der Waals surface area contributed by atoms with Gasteiger partial charge in [-0.2, -0.15) is 4.31 Å². The topological polar surface area (TPSA) is 75.7 Å². The SMILES string of the molecule is CCOc1ccc(NC(=O)C2(C)CCCC2)cc1S(=O)(=O)N1CCCC1. The summed E-state index contributed by atoms with van der Waals surface area (Å²) in [5, 5.41) is 2.92. The van der Waals surface area contributed by atoms with Crippen LogP contribution in [0.5, 0.6) is 5.75 Å². The average Bonchev–Trinajstić information content (AvgIpc) is 3.29. The zero-order chi connectivity index (χ0) is 18.8. The second kappa shape index (κ2) is 7.56. The lowest BCUT2D eigenvalue weighted by Gasteiger charge is -2.23. The molecular formula is C19H28N2O4S. The van der Waals surface area contributed by atoms with Crippen molar-refractivity contribution in [1.29, 1.82) is 0 Å². The Morgan fingerprint density at radius 2 is 1.85 bits per heavy atom. The molecule has 1 amide bonds. The van der Waals surface area contributed by atoms with E-state index >= 15 is 0 Å². The minimum absolute atomic E-state index is 0.0383. The first-order valence-corrected chi connectivity index (χ1v) is 10.9. The van der Waals surface area contributed by atoms with E-state index < -0.39 is 10.0 Å². The number of carbonyl (C=O) groups excluding carboxylic acids is 1. The van der Waals surface area contributed by atoms with Crippen LogP contribution in [0.4, 0.5) is 5.69 Å². The molecule has 0 atom stereocenters. The van der Waals surface area contributed by atoms with Crippen LogP contribution < -0.4 is 10.1 Å². The molecule has 7 heteroatoms. The lowest BCUT2D eigenvalue weighted by atomic mass is 9.88. The molecule has 144 valence electrons. The van der Waals surface area contributed by atoms with Gasteiger partial charge in [-0.05, 0) is 50.8 Å². The number of benzene rings is 1. The van der Waals surface area contributed by atoms with E-state index in [4.69, 9.17) is 4.74 Å². The van der Waals surface area contributed by atoms with Gasteiger partial charge in [-0.1, -0.05) is 19.8 Å². The molecule has 1 saturated carbocycles. The van der Waals surface area contributed by atoms with Crippen molar-refractivity contribution in [2.45, 2.75) is 57.3 Å². The van der Waals surface area contributed by atoms with Crippen LogP contribution >= 0.6 is 0 Å². The molecule has 1 aromatic carbocycles. The van der Waals surface area contributed by atoms with E-state index in [2.05, 4.69) is 5.32 Å². The number of amides is 1. The minimum Gasteiger partial charge on any atom is -0.492 e. The van der Waals surface area contributed by atoms with Crippen LogP contribution in [-0.2, 0) is 14.8 Å². The zero-order valence-corrected chi connectivity index (χ0v) is 16.4. The van der Waals surface area contributed by atoms with Gasteiger partial charge < -0.3 is 10.1 Å². The molecule has 2 fully saturated rings. The van der Waals surface area contributed by atoms with Crippen LogP contribution in [0.25, 0.3) is 0 Å². The molecule has 1 saturated heterocycles. The molecule has 3 rings (SSSR count). The maximum Gasteiger partial charge on any atom is 0.246 e. The van der Waals surface area contributed by atoms with Crippen molar-refractivity contribution in [3.63, 3.8) is 0 Å². The average molecular weight is 381 g/mol. The van der Waals surface area contributed by atoms with Gasteiger partial charge in [-0.15, -0.1) is 0 Å². The first kappa shape index (κ1) is 19.2. The van der Waals surface area contributed by atoms with Crippen molar-refractivity contribution in [2.75, 3.05) is 25.0 Å².